The second-order valence-electron chi connectivity index (χ2n) is 9.46. The molecule has 1 aliphatic heterocycles. The first kappa shape index (κ1) is 31.3. The molecular weight excluding hydrogens is 525 g/mol. The summed E-state index contributed by atoms with van der Waals surface area (Å²) in [5.74, 6) is 0. The summed E-state index contributed by atoms with van der Waals surface area (Å²) in [5, 5.41) is 11.6. The number of nitrogens with zero attached hydrogens (tertiary/aromatic N) is 2. The number of aliphatic hydroxyl groups excluding tert-OH is 1. The molecule has 202 valence electrons. The van der Waals surface area contributed by atoms with E-state index in [1.54, 1.807) is 6.20 Å². The number of benzene rings is 2. The van der Waals surface area contributed by atoms with Crippen LogP contribution in [-0.4, -0.2) is 55.3 Å². The van der Waals surface area contributed by atoms with Crippen molar-refractivity contribution in [3.8, 4) is 0 Å². The third kappa shape index (κ3) is 9.38. The standard InChI is InChI=1S/C29H36Cl3N3.CH4O/c1-5-33-28(32)18-22(3)20-35-21-29(4,26-19-25(31)13-14-27(26)35)15-17-34(6-2)16-7-8-23-9-11-24(30)12-10-23;1-2/h5,7-14,18-19,28,33H,1,6,15-17,20-21H2,2-4H3;2H,1H3/b8-7+,22-18+;. The fourth-order valence-electron chi connectivity index (χ4n) is 4.67. The van der Waals surface area contributed by atoms with Crippen LogP contribution in [0, 0.1) is 0 Å². The Kier molecular flexibility index (Phi) is 13.1. The van der Waals surface area contributed by atoms with Gasteiger partial charge in [-0.15, -0.1) is 0 Å². The zero-order chi connectivity index (χ0) is 27.4. The van der Waals surface area contributed by atoms with Crippen LogP contribution in [-0.2, 0) is 5.41 Å². The molecule has 4 nitrogen and oxygen atoms in total. The molecule has 2 unspecified atom stereocenters. The Balaban J connectivity index is 0.00000235. The van der Waals surface area contributed by atoms with Crippen molar-refractivity contribution in [1.29, 1.82) is 0 Å². The Morgan fingerprint density at radius 1 is 1.19 bits per heavy atom. The van der Waals surface area contributed by atoms with E-state index in [9.17, 15) is 0 Å². The monoisotopic (exact) mass is 563 g/mol. The van der Waals surface area contributed by atoms with E-state index in [-0.39, 0.29) is 10.9 Å². The molecule has 0 radical (unpaired) electrons. The molecule has 2 aromatic carbocycles. The molecule has 0 bridgehead atoms. The van der Waals surface area contributed by atoms with Crippen molar-refractivity contribution < 1.29 is 5.11 Å². The first-order valence-corrected chi connectivity index (χ1v) is 13.8. The predicted octanol–water partition coefficient (Wildman–Crippen LogP) is 7.35. The topological polar surface area (TPSA) is 38.7 Å². The number of alkyl halides is 1. The number of fused-ring (bicyclic) bond motifs is 1. The van der Waals surface area contributed by atoms with E-state index >= 15 is 0 Å². The number of nitrogens with one attached hydrogen (secondary N) is 1. The summed E-state index contributed by atoms with van der Waals surface area (Å²) in [6.45, 7) is 15.1. The van der Waals surface area contributed by atoms with Gasteiger partial charge in [-0.3, -0.25) is 4.90 Å². The fraction of sp³-hybridized carbons (Fsp3) is 0.400. The summed E-state index contributed by atoms with van der Waals surface area (Å²) in [5.41, 5.74) is 4.74. The maximum atomic E-state index is 7.00. The molecule has 0 aliphatic carbocycles. The zero-order valence-electron chi connectivity index (χ0n) is 22.4. The molecule has 7 heteroatoms. The van der Waals surface area contributed by atoms with Crippen molar-refractivity contribution in [3.05, 3.63) is 94.1 Å². The number of aliphatic hydroxyl groups is 1. The van der Waals surface area contributed by atoms with E-state index in [0.717, 1.165) is 56.3 Å². The molecule has 1 aliphatic rings. The summed E-state index contributed by atoms with van der Waals surface area (Å²) in [4.78, 5) is 4.93. The van der Waals surface area contributed by atoms with Gasteiger partial charge in [-0.05, 0) is 80.2 Å². The van der Waals surface area contributed by atoms with Crippen LogP contribution < -0.4 is 10.2 Å². The first-order chi connectivity index (χ1) is 17.7. The van der Waals surface area contributed by atoms with Crippen molar-refractivity contribution in [1.82, 2.24) is 10.2 Å². The molecule has 0 aromatic heterocycles. The molecule has 0 amide bonds. The molecule has 3 rings (SSSR count). The SMILES string of the molecule is C=CNC(Cl)/C=C(\C)CN1CC(C)(CCN(CC)C/C=C/c2ccc(Cl)cc2)c2cc(Cl)ccc21.CO. The van der Waals surface area contributed by atoms with Crippen molar-refractivity contribution in [2.75, 3.05) is 44.7 Å². The van der Waals surface area contributed by atoms with E-state index in [1.165, 1.54) is 22.4 Å². The third-order valence-corrected chi connectivity index (χ3v) is 7.35. The van der Waals surface area contributed by atoms with Crippen molar-refractivity contribution in [2.24, 2.45) is 0 Å². The zero-order valence-corrected chi connectivity index (χ0v) is 24.6. The normalized spacial score (nSPS) is 18.0. The van der Waals surface area contributed by atoms with Crippen molar-refractivity contribution in [2.45, 2.75) is 38.1 Å². The van der Waals surface area contributed by atoms with Gasteiger partial charge in [0, 0.05) is 47.9 Å². The van der Waals surface area contributed by atoms with E-state index in [4.69, 9.17) is 39.9 Å². The lowest BCUT2D eigenvalue weighted by atomic mass is 9.81. The first-order valence-electron chi connectivity index (χ1n) is 12.6. The summed E-state index contributed by atoms with van der Waals surface area (Å²) in [6.07, 6.45) is 9.11. The smallest absolute Gasteiger partial charge is 0.120 e. The molecule has 0 saturated carbocycles. The molecule has 2 N–H and O–H groups in total. The highest BCUT2D eigenvalue weighted by molar-refractivity contribution is 6.31. The minimum atomic E-state index is -0.259. The average molecular weight is 565 g/mol. The lowest BCUT2D eigenvalue weighted by Gasteiger charge is -2.30. The van der Waals surface area contributed by atoms with Crippen LogP contribution >= 0.6 is 34.8 Å². The van der Waals surface area contributed by atoms with Crippen LogP contribution in [0.4, 0.5) is 5.69 Å². The second kappa shape index (κ2) is 15.5. The van der Waals surface area contributed by atoms with Gasteiger partial charge in [-0.25, -0.2) is 0 Å². The summed E-state index contributed by atoms with van der Waals surface area (Å²) >= 11 is 18.8. The van der Waals surface area contributed by atoms with E-state index in [0.29, 0.717) is 0 Å². The maximum Gasteiger partial charge on any atom is 0.120 e. The summed E-state index contributed by atoms with van der Waals surface area (Å²) in [6, 6.07) is 14.2. The Hall–Kier alpha value is -1.95. The lowest BCUT2D eigenvalue weighted by molar-refractivity contribution is 0.280. The molecular formula is C30H40Cl3N3O. The molecule has 0 spiro atoms. The van der Waals surface area contributed by atoms with Gasteiger partial charge in [0.05, 0.1) is 0 Å². The van der Waals surface area contributed by atoms with Gasteiger partial charge in [-0.1, -0.05) is 85.1 Å². The quantitative estimate of drug-likeness (QED) is 0.161. The highest BCUT2D eigenvalue weighted by atomic mass is 35.5. The van der Waals surface area contributed by atoms with E-state index in [1.807, 2.05) is 36.4 Å². The maximum absolute atomic E-state index is 7.00. The Morgan fingerprint density at radius 3 is 2.51 bits per heavy atom. The number of rotatable bonds is 12. The number of anilines is 1. The Bertz CT molecular complexity index is 1050. The van der Waals surface area contributed by atoms with Gasteiger partial charge in [0.2, 0.25) is 0 Å². The molecule has 0 saturated heterocycles. The highest BCUT2D eigenvalue weighted by Crippen LogP contribution is 2.44. The van der Waals surface area contributed by atoms with Crippen LogP contribution in [0.2, 0.25) is 10.0 Å². The fourth-order valence-corrected chi connectivity index (χ4v) is 5.28. The Morgan fingerprint density at radius 2 is 1.86 bits per heavy atom. The minimum Gasteiger partial charge on any atom is -0.400 e. The second-order valence-corrected chi connectivity index (χ2v) is 10.8. The highest BCUT2D eigenvalue weighted by Gasteiger charge is 2.38. The molecule has 2 aromatic rings. The largest absolute Gasteiger partial charge is 0.400 e. The lowest BCUT2D eigenvalue weighted by Crippen LogP contribution is -2.36. The van der Waals surface area contributed by atoms with Crippen LogP contribution in [0.3, 0.4) is 0 Å². The molecule has 2 atom stereocenters. The average Bonchev–Trinajstić information content (AvgIpc) is 3.14. The van der Waals surface area contributed by atoms with Crippen molar-refractivity contribution in [3.63, 3.8) is 0 Å². The van der Waals surface area contributed by atoms with Crippen LogP contribution in [0.15, 0.2) is 73.0 Å². The van der Waals surface area contributed by atoms with Gasteiger partial charge in [0.15, 0.2) is 0 Å². The summed E-state index contributed by atoms with van der Waals surface area (Å²) < 4.78 is 0. The molecule has 1 heterocycles. The van der Waals surface area contributed by atoms with Crippen LogP contribution in [0.1, 0.15) is 38.3 Å². The Labute approximate surface area is 238 Å². The third-order valence-electron chi connectivity index (χ3n) is 6.61. The molecule has 37 heavy (non-hydrogen) atoms. The van der Waals surface area contributed by atoms with Gasteiger partial charge < -0.3 is 15.3 Å². The molecule has 0 fully saturated rings. The van der Waals surface area contributed by atoms with Crippen LogP contribution in [0.25, 0.3) is 6.08 Å². The van der Waals surface area contributed by atoms with E-state index < -0.39 is 0 Å². The van der Waals surface area contributed by atoms with Gasteiger partial charge in [0.1, 0.15) is 5.50 Å². The number of hydrogen-bond donors (Lipinski definition) is 2. The van der Waals surface area contributed by atoms with E-state index in [2.05, 4.69) is 66.8 Å². The van der Waals surface area contributed by atoms with Gasteiger partial charge in [0.25, 0.3) is 0 Å². The number of likely N-dealkylation sites (N-methyl/N-ethyl adjacent to an activating group) is 1. The summed E-state index contributed by atoms with van der Waals surface area (Å²) in [7, 11) is 1.00. The van der Waals surface area contributed by atoms with Gasteiger partial charge >= 0.3 is 0 Å². The van der Waals surface area contributed by atoms with Crippen molar-refractivity contribution >= 4 is 46.6 Å². The number of halogens is 3. The van der Waals surface area contributed by atoms with Crippen LogP contribution in [0.5, 0.6) is 0 Å². The number of hydrogen-bond acceptors (Lipinski definition) is 4. The van der Waals surface area contributed by atoms with Gasteiger partial charge in [-0.2, -0.15) is 0 Å². The minimum absolute atomic E-state index is 0.0214. The predicted molar refractivity (Wildman–Crippen MR) is 163 cm³/mol.